The second-order valence-electron chi connectivity index (χ2n) is 5.87. The maximum Gasteiger partial charge on any atom is 0.279 e. The Morgan fingerprint density at radius 1 is 1.21 bits per heavy atom. The van der Waals surface area contributed by atoms with Crippen molar-refractivity contribution in [2.45, 2.75) is 30.3 Å². The molecular weight excluding hydrogens is 326 g/mol. The molecule has 0 bridgehead atoms. The van der Waals surface area contributed by atoms with Crippen LogP contribution in [0.4, 0.5) is 5.69 Å². The number of sulfonamides is 1. The van der Waals surface area contributed by atoms with Crippen molar-refractivity contribution in [2.24, 2.45) is 0 Å². The molecule has 0 amide bonds. The lowest BCUT2D eigenvalue weighted by Gasteiger charge is -2.27. The number of aromatic amines is 1. The minimum atomic E-state index is -3.68. The van der Waals surface area contributed by atoms with Gasteiger partial charge in [0.05, 0.1) is 18.4 Å². The second kappa shape index (κ2) is 5.79. The second-order valence-corrected chi connectivity index (χ2v) is 7.50. The molecule has 2 N–H and O–H groups in total. The first-order valence-corrected chi connectivity index (χ1v) is 9.27. The molecule has 8 heteroatoms. The van der Waals surface area contributed by atoms with E-state index in [4.69, 9.17) is 0 Å². The number of benzene rings is 1. The van der Waals surface area contributed by atoms with Crippen molar-refractivity contribution in [3.63, 3.8) is 0 Å². The fraction of sp³-hybridized carbons (Fsp3) is 0.250. The van der Waals surface area contributed by atoms with Gasteiger partial charge in [0.2, 0.25) is 0 Å². The van der Waals surface area contributed by atoms with E-state index in [2.05, 4.69) is 20.0 Å². The molecule has 0 unspecified atom stereocenters. The van der Waals surface area contributed by atoms with Gasteiger partial charge in [0.25, 0.3) is 10.0 Å². The Morgan fingerprint density at radius 3 is 2.79 bits per heavy atom. The largest absolute Gasteiger partial charge is 0.285 e. The summed E-state index contributed by atoms with van der Waals surface area (Å²) in [5.41, 5.74) is 2.29. The molecule has 7 nitrogen and oxygen atoms in total. The number of nitrogens with one attached hydrogen (secondary N) is 2. The van der Waals surface area contributed by atoms with Crippen molar-refractivity contribution in [3.05, 3.63) is 48.9 Å². The summed E-state index contributed by atoms with van der Waals surface area (Å²) in [6.45, 7) is 0. The van der Waals surface area contributed by atoms with Crippen molar-refractivity contribution in [3.8, 4) is 11.1 Å². The molecule has 4 rings (SSSR count). The maximum atomic E-state index is 12.7. The Labute approximate surface area is 139 Å². The Hall–Kier alpha value is -2.61. The van der Waals surface area contributed by atoms with Gasteiger partial charge >= 0.3 is 0 Å². The van der Waals surface area contributed by atoms with E-state index < -0.39 is 10.0 Å². The summed E-state index contributed by atoms with van der Waals surface area (Å²) in [7, 11) is -3.68. The van der Waals surface area contributed by atoms with Crippen LogP contribution in [0.15, 0.2) is 53.9 Å². The Kier molecular flexibility index (Phi) is 3.61. The number of nitrogens with zero attached hydrogens (tertiary/aromatic N) is 3. The van der Waals surface area contributed by atoms with Gasteiger partial charge in [-0.05, 0) is 43.0 Å². The molecule has 24 heavy (non-hydrogen) atoms. The van der Waals surface area contributed by atoms with Crippen LogP contribution in [-0.4, -0.2) is 28.4 Å². The Bertz CT molecular complexity index is 943. The highest BCUT2D eigenvalue weighted by Gasteiger charge is 2.27. The standard InChI is InChI=1S/C16H17N5O2S/c22-24(23,16-7-8-19-21(16)15-5-2-6-15)20-14-4-1-3-12(9-14)13-10-17-18-11-13/h1,3-4,7-11,15,20H,2,5-6H2,(H,17,18). The summed E-state index contributed by atoms with van der Waals surface area (Å²) < 4.78 is 29.7. The molecule has 1 aliphatic rings. The lowest BCUT2D eigenvalue weighted by Crippen LogP contribution is -2.24. The van der Waals surface area contributed by atoms with Crippen LogP contribution in [0.5, 0.6) is 0 Å². The van der Waals surface area contributed by atoms with Crippen LogP contribution in [0.2, 0.25) is 0 Å². The number of hydrogen-bond donors (Lipinski definition) is 2. The SMILES string of the molecule is O=S(=O)(Nc1cccc(-c2cn[nH]c2)c1)c1ccnn1C1CCC1. The maximum absolute atomic E-state index is 12.7. The predicted molar refractivity (Wildman–Crippen MR) is 89.9 cm³/mol. The molecule has 3 aromatic rings. The van der Waals surface area contributed by atoms with Gasteiger partial charge in [0.1, 0.15) is 0 Å². The molecule has 1 fully saturated rings. The van der Waals surface area contributed by atoms with E-state index in [1.165, 1.54) is 6.20 Å². The van der Waals surface area contributed by atoms with Gasteiger partial charge in [-0.1, -0.05) is 12.1 Å². The lowest BCUT2D eigenvalue weighted by atomic mass is 9.93. The number of anilines is 1. The molecule has 1 aromatic carbocycles. The first-order valence-electron chi connectivity index (χ1n) is 7.79. The van der Waals surface area contributed by atoms with Gasteiger partial charge in [0, 0.05) is 17.4 Å². The van der Waals surface area contributed by atoms with E-state index >= 15 is 0 Å². The van der Waals surface area contributed by atoms with Crippen LogP contribution in [-0.2, 0) is 10.0 Å². The number of H-pyrrole nitrogens is 1. The summed E-state index contributed by atoms with van der Waals surface area (Å²) in [4.78, 5) is 0. The average Bonchev–Trinajstić information content (AvgIpc) is 3.17. The van der Waals surface area contributed by atoms with Crippen molar-refractivity contribution >= 4 is 15.7 Å². The zero-order chi connectivity index (χ0) is 16.6. The van der Waals surface area contributed by atoms with Crippen molar-refractivity contribution < 1.29 is 8.42 Å². The highest BCUT2D eigenvalue weighted by Crippen LogP contribution is 2.33. The number of aromatic nitrogens is 4. The first-order chi connectivity index (χ1) is 11.6. The van der Waals surface area contributed by atoms with Crippen LogP contribution in [0.25, 0.3) is 11.1 Å². The third-order valence-corrected chi connectivity index (χ3v) is 5.65. The van der Waals surface area contributed by atoms with E-state index in [0.29, 0.717) is 5.69 Å². The lowest BCUT2D eigenvalue weighted by molar-refractivity contribution is 0.271. The van der Waals surface area contributed by atoms with Crippen LogP contribution in [0.3, 0.4) is 0 Å². The van der Waals surface area contributed by atoms with Crippen LogP contribution in [0, 0.1) is 0 Å². The van der Waals surface area contributed by atoms with E-state index in [0.717, 1.165) is 30.4 Å². The minimum Gasteiger partial charge on any atom is -0.285 e. The van der Waals surface area contributed by atoms with Gasteiger partial charge in [-0.2, -0.15) is 18.6 Å². The average molecular weight is 343 g/mol. The third kappa shape index (κ3) is 2.69. The van der Waals surface area contributed by atoms with Crippen LogP contribution in [0.1, 0.15) is 25.3 Å². The summed E-state index contributed by atoms with van der Waals surface area (Å²) >= 11 is 0. The molecular formula is C16H17N5O2S. The predicted octanol–water partition coefficient (Wildman–Crippen LogP) is 2.80. The van der Waals surface area contributed by atoms with Gasteiger partial charge in [-0.3, -0.25) is 9.82 Å². The number of hydrogen-bond acceptors (Lipinski definition) is 4. The molecule has 0 aliphatic heterocycles. The summed E-state index contributed by atoms with van der Waals surface area (Å²) in [6, 6.07) is 8.95. The molecule has 2 aromatic heterocycles. The Morgan fingerprint density at radius 2 is 2.08 bits per heavy atom. The fourth-order valence-corrected chi connectivity index (χ4v) is 4.02. The highest BCUT2D eigenvalue weighted by molar-refractivity contribution is 7.92. The van der Waals surface area contributed by atoms with Gasteiger partial charge in [0.15, 0.2) is 5.03 Å². The zero-order valence-electron chi connectivity index (χ0n) is 12.9. The van der Waals surface area contributed by atoms with Gasteiger partial charge < -0.3 is 0 Å². The van der Waals surface area contributed by atoms with Gasteiger partial charge in [-0.25, -0.2) is 4.68 Å². The molecule has 124 valence electrons. The molecule has 0 spiro atoms. The van der Waals surface area contributed by atoms with Crippen LogP contribution >= 0.6 is 0 Å². The van der Waals surface area contributed by atoms with E-state index in [-0.39, 0.29) is 11.1 Å². The summed E-state index contributed by atoms with van der Waals surface area (Å²) in [5.74, 6) is 0. The number of rotatable bonds is 5. The summed E-state index contributed by atoms with van der Waals surface area (Å²) in [5, 5.41) is 11.1. The van der Waals surface area contributed by atoms with Crippen molar-refractivity contribution in [1.29, 1.82) is 0 Å². The molecule has 0 atom stereocenters. The molecule has 1 saturated carbocycles. The topological polar surface area (TPSA) is 92.7 Å². The fourth-order valence-electron chi connectivity index (χ4n) is 2.80. The van der Waals surface area contributed by atoms with E-state index in [1.807, 2.05) is 12.1 Å². The van der Waals surface area contributed by atoms with Crippen LogP contribution < -0.4 is 4.72 Å². The summed E-state index contributed by atoms with van der Waals surface area (Å²) in [6.07, 6.45) is 8.05. The molecule has 0 saturated heterocycles. The highest BCUT2D eigenvalue weighted by atomic mass is 32.2. The molecule has 0 radical (unpaired) electrons. The minimum absolute atomic E-state index is 0.184. The van der Waals surface area contributed by atoms with Crippen molar-refractivity contribution in [1.82, 2.24) is 20.0 Å². The van der Waals surface area contributed by atoms with Crippen molar-refractivity contribution in [2.75, 3.05) is 4.72 Å². The third-order valence-electron chi connectivity index (χ3n) is 4.28. The molecule has 1 aliphatic carbocycles. The van der Waals surface area contributed by atoms with Gasteiger partial charge in [-0.15, -0.1) is 0 Å². The van der Waals surface area contributed by atoms with E-state index in [9.17, 15) is 8.42 Å². The first kappa shape index (κ1) is 14.9. The van der Waals surface area contributed by atoms with E-state index in [1.54, 1.807) is 35.3 Å². The smallest absolute Gasteiger partial charge is 0.279 e. The monoisotopic (exact) mass is 343 g/mol. The normalized spacial score (nSPS) is 15.2. The molecule has 2 heterocycles. The zero-order valence-corrected chi connectivity index (χ0v) is 13.7. The Balaban J connectivity index is 1.63. The quantitative estimate of drug-likeness (QED) is 0.745.